The second kappa shape index (κ2) is 5.16. The minimum atomic E-state index is -0.729. The lowest BCUT2D eigenvalue weighted by molar-refractivity contribution is -0.149. The molecule has 0 rings (SSSR count). The number of rotatable bonds is 3. The van der Waals surface area contributed by atoms with Crippen LogP contribution in [0.1, 0.15) is 27.7 Å². The van der Waals surface area contributed by atoms with Gasteiger partial charge in [-0.25, -0.2) is 4.79 Å². The third-order valence-electron chi connectivity index (χ3n) is 1.39. The zero-order valence-electron chi connectivity index (χ0n) is 9.35. The van der Waals surface area contributed by atoms with Crippen molar-refractivity contribution in [2.75, 3.05) is 5.88 Å². The second-order valence-corrected chi connectivity index (χ2v) is 4.35. The van der Waals surface area contributed by atoms with Gasteiger partial charge in [-0.3, -0.25) is 0 Å². The third kappa shape index (κ3) is 4.83. The number of hydrogen-bond donors (Lipinski definition) is 2. The van der Waals surface area contributed by atoms with Crippen molar-refractivity contribution in [3.63, 3.8) is 0 Å². The molecule has 0 saturated carbocycles. The topological polar surface area (TPSA) is 70.4 Å². The van der Waals surface area contributed by atoms with Gasteiger partial charge in [-0.1, -0.05) is 0 Å². The van der Waals surface area contributed by atoms with Gasteiger partial charge in [0.25, 0.3) is 0 Å². The smallest absolute Gasteiger partial charge is 0.343 e. The first-order valence-corrected chi connectivity index (χ1v) is 4.99. The minimum absolute atomic E-state index is 0.0672. The van der Waals surface area contributed by atoms with E-state index in [4.69, 9.17) is 21.7 Å². The third-order valence-corrected chi connectivity index (χ3v) is 1.65. The van der Waals surface area contributed by atoms with Gasteiger partial charge in [0.2, 0.25) is 0 Å². The van der Waals surface area contributed by atoms with E-state index in [9.17, 15) is 9.90 Å². The van der Waals surface area contributed by atoms with E-state index >= 15 is 0 Å². The number of aliphatic hydroxyl groups excluding tert-OH is 1. The summed E-state index contributed by atoms with van der Waals surface area (Å²) in [7, 11) is 0. The Bertz CT molecular complexity index is 302. The lowest BCUT2D eigenvalue weighted by Gasteiger charge is -2.20. The maximum absolute atomic E-state index is 11.6. The Morgan fingerprint density at radius 2 is 1.93 bits per heavy atom. The Morgan fingerprint density at radius 3 is 2.20 bits per heavy atom. The Kier molecular flexibility index (Phi) is 4.81. The molecule has 5 heteroatoms. The number of ether oxygens (including phenoxy) is 1. The molecule has 0 aromatic heterocycles. The van der Waals surface area contributed by atoms with Crippen LogP contribution in [0, 0.1) is 5.41 Å². The number of halogens is 1. The summed E-state index contributed by atoms with van der Waals surface area (Å²) in [5.41, 5.74) is -0.896. The summed E-state index contributed by atoms with van der Waals surface area (Å²) in [5, 5.41) is 16.7. The molecule has 0 aliphatic heterocycles. The van der Waals surface area contributed by atoms with Crippen LogP contribution in [0.5, 0.6) is 0 Å². The monoisotopic (exact) mass is 233 g/mol. The molecule has 0 bridgehead atoms. The van der Waals surface area contributed by atoms with E-state index in [1.54, 1.807) is 20.8 Å². The van der Waals surface area contributed by atoms with Crippen molar-refractivity contribution >= 4 is 23.3 Å². The Balaban J connectivity index is 4.99. The van der Waals surface area contributed by atoms with E-state index in [1.165, 1.54) is 6.92 Å². The van der Waals surface area contributed by atoms with Gasteiger partial charge >= 0.3 is 5.97 Å². The van der Waals surface area contributed by atoms with Gasteiger partial charge in [-0.05, 0) is 27.7 Å². The van der Waals surface area contributed by atoms with Crippen LogP contribution in [0.25, 0.3) is 0 Å². The van der Waals surface area contributed by atoms with Gasteiger partial charge in [-0.15, -0.1) is 11.6 Å². The molecular weight excluding hydrogens is 218 g/mol. The zero-order chi connectivity index (χ0) is 12.2. The van der Waals surface area contributed by atoms with Crippen LogP contribution in [0.3, 0.4) is 0 Å². The van der Waals surface area contributed by atoms with Gasteiger partial charge in [0.05, 0.1) is 5.88 Å². The molecule has 0 aromatic rings. The van der Waals surface area contributed by atoms with Crippen molar-refractivity contribution in [3.8, 4) is 0 Å². The van der Waals surface area contributed by atoms with Gasteiger partial charge in [-0.2, -0.15) is 0 Å². The van der Waals surface area contributed by atoms with E-state index < -0.39 is 11.6 Å². The van der Waals surface area contributed by atoms with Crippen molar-refractivity contribution in [2.24, 2.45) is 0 Å². The van der Waals surface area contributed by atoms with E-state index in [0.717, 1.165) is 0 Å². The summed E-state index contributed by atoms with van der Waals surface area (Å²) in [4.78, 5) is 11.6. The maximum Gasteiger partial charge on any atom is 0.343 e. The minimum Gasteiger partial charge on any atom is -0.510 e. The maximum atomic E-state index is 11.6. The number of carbonyl (C=O) groups excluding carboxylic acids is 1. The standard InChI is InChI=1S/C10H16ClNO3/c1-6(12)8(7(13)5-11)9(14)15-10(2,3)4/h12-13H,5H2,1-4H3. The molecule has 4 nitrogen and oxygen atoms in total. The van der Waals surface area contributed by atoms with Gasteiger partial charge in [0, 0.05) is 5.71 Å². The Morgan fingerprint density at radius 1 is 1.47 bits per heavy atom. The van der Waals surface area contributed by atoms with Crippen molar-refractivity contribution in [1.82, 2.24) is 0 Å². The largest absolute Gasteiger partial charge is 0.510 e. The van der Waals surface area contributed by atoms with Crippen LogP contribution in [-0.4, -0.2) is 28.3 Å². The summed E-state index contributed by atoms with van der Waals surface area (Å²) < 4.78 is 5.03. The summed E-state index contributed by atoms with van der Waals surface area (Å²) in [6.45, 7) is 6.51. The fraction of sp³-hybridized carbons (Fsp3) is 0.600. The van der Waals surface area contributed by atoms with E-state index in [0.29, 0.717) is 0 Å². The molecule has 0 heterocycles. The van der Waals surface area contributed by atoms with Crippen LogP contribution in [0.15, 0.2) is 11.3 Å². The molecule has 0 aromatic carbocycles. The van der Waals surface area contributed by atoms with E-state index in [-0.39, 0.29) is 22.9 Å². The summed E-state index contributed by atoms with van der Waals surface area (Å²) in [6, 6.07) is 0. The predicted molar refractivity (Wildman–Crippen MR) is 59.6 cm³/mol. The Labute approximate surface area is 94.4 Å². The SMILES string of the molecule is CC(=N)C(C(=O)OC(C)(C)C)=C(O)CCl. The zero-order valence-corrected chi connectivity index (χ0v) is 10.1. The van der Waals surface area contributed by atoms with Crippen molar-refractivity contribution in [1.29, 1.82) is 5.41 Å². The molecule has 0 fully saturated rings. The molecule has 0 radical (unpaired) electrons. The molecule has 0 aliphatic rings. The highest BCUT2D eigenvalue weighted by Gasteiger charge is 2.23. The number of allylic oxidation sites excluding steroid dienone is 1. The average Bonchev–Trinajstić information content (AvgIpc) is 1.99. The van der Waals surface area contributed by atoms with Crippen molar-refractivity contribution in [2.45, 2.75) is 33.3 Å². The predicted octanol–water partition coefficient (Wildman–Crippen LogP) is 2.42. The van der Waals surface area contributed by atoms with E-state index in [1.807, 2.05) is 0 Å². The fourth-order valence-electron chi connectivity index (χ4n) is 0.883. The van der Waals surface area contributed by atoms with Crippen LogP contribution >= 0.6 is 11.6 Å². The molecule has 15 heavy (non-hydrogen) atoms. The first-order valence-electron chi connectivity index (χ1n) is 4.46. The molecule has 2 N–H and O–H groups in total. The quantitative estimate of drug-likeness (QED) is 0.259. The molecule has 86 valence electrons. The van der Waals surface area contributed by atoms with Crippen molar-refractivity contribution < 1.29 is 14.6 Å². The first kappa shape index (κ1) is 14.0. The van der Waals surface area contributed by atoms with Gasteiger partial charge in [0.1, 0.15) is 16.9 Å². The summed E-state index contributed by atoms with van der Waals surface area (Å²) in [5.74, 6) is -1.28. The van der Waals surface area contributed by atoms with Gasteiger partial charge in [0.15, 0.2) is 0 Å². The highest BCUT2D eigenvalue weighted by atomic mass is 35.5. The summed E-state index contributed by atoms with van der Waals surface area (Å²) in [6.07, 6.45) is 0. The highest BCUT2D eigenvalue weighted by Crippen LogP contribution is 2.14. The number of nitrogens with one attached hydrogen (secondary N) is 1. The van der Waals surface area contributed by atoms with Crippen LogP contribution < -0.4 is 0 Å². The molecule has 0 amide bonds. The summed E-state index contributed by atoms with van der Waals surface area (Å²) >= 11 is 5.39. The molecule has 0 saturated heterocycles. The average molecular weight is 234 g/mol. The molecular formula is C10H16ClNO3. The molecule has 0 unspecified atom stereocenters. The number of alkyl halides is 1. The molecule has 0 atom stereocenters. The normalized spacial score (nSPS) is 13.1. The highest BCUT2D eigenvalue weighted by molar-refractivity contribution is 6.22. The number of esters is 1. The molecule has 0 aliphatic carbocycles. The van der Waals surface area contributed by atoms with Crippen LogP contribution in [0.4, 0.5) is 0 Å². The molecule has 0 spiro atoms. The van der Waals surface area contributed by atoms with Crippen LogP contribution in [0.2, 0.25) is 0 Å². The Hall–Kier alpha value is -1.03. The first-order chi connectivity index (χ1) is 6.69. The number of hydrogen-bond acceptors (Lipinski definition) is 4. The lowest BCUT2D eigenvalue weighted by atomic mass is 10.1. The van der Waals surface area contributed by atoms with Crippen LogP contribution in [-0.2, 0) is 9.53 Å². The lowest BCUT2D eigenvalue weighted by Crippen LogP contribution is -2.27. The van der Waals surface area contributed by atoms with Gasteiger partial charge < -0.3 is 15.3 Å². The second-order valence-electron chi connectivity index (χ2n) is 4.08. The number of carbonyl (C=O) groups is 1. The van der Waals surface area contributed by atoms with Crippen molar-refractivity contribution in [3.05, 3.63) is 11.3 Å². The van der Waals surface area contributed by atoms with E-state index in [2.05, 4.69) is 0 Å². The number of aliphatic hydroxyl groups is 1. The fourth-order valence-corrected chi connectivity index (χ4v) is 1.02.